The Kier molecular flexibility index (Phi) is 4.01. The molecule has 2 nitrogen and oxygen atoms in total. The van der Waals surface area contributed by atoms with Crippen molar-refractivity contribution in [1.82, 2.24) is 0 Å². The van der Waals surface area contributed by atoms with Crippen molar-refractivity contribution in [3.63, 3.8) is 0 Å². The number of fused-ring (bicyclic) bond motifs is 1. The third kappa shape index (κ3) is 3.28. The van der Waals surface area contributed by atoms with Crippen molar-refractivity contribution in [2.45, 2.75) is 51.4 Å². The number of hydrogen-bond donors (Lipinski definition) is 0. The quantitative estimate of drug-likeness (QED) is 0.753. The van der Waals surface area contributed by atoms with Gasteiger partial charge in [-0.05, 0) is 55.6 Å². The molecule has 0 amide bonds. The minimum atomic E-state index is -0.497. The zero-order chi connectivity index (χ0) is 15.0. The van der Waals surface area contributed by atoms with E-state index in [1.54, 1.807) is 25.3 Å². The lowest BCUT2D eigenvalue weighted by molar-refractivity contribution is 0.101. The molecule has 3 fully saturated rings. The van der Waals surface area contributed by atoms with E-state index in [4.69, 9.17) is 4.74 Å². The predicted octanol–water partition coefficient (Wildman–Crippen LogP) is 4.72. The van der Waals surface area contributed by atoms with Crippen molar-refractivity contribution in [1.29, 1.82) is 0 Å². The van der Waals surface area contributed by atoms with Crippen molar-refractivity contribution in [3.8, 4) is 5.75 Å². The number of methoxy groups -OCH3 is 1. The number of ketones is 1. The smallest absolute Gasteiger partial charge is 0.162 e. The molecule has 3 saturated carbocycles. The van der Waals surface area contributed by atoms with Crippen molar-refractivity contribution >= 4 is 5.78 Å². The SMILES string of the molecule is C1C[C@@H]2C[C@@H]2C1.COc1cc(F)c(C(C)=O)cc1C1CC1. The third-order valence-electron chi connectivity index (χ3n) is 4.93. The van der Waals surface area contributed by atoms with Gasteiger partial charge in [0.25, 0.3) is 0 Å². The molecule has 0 aromatic heterocycles. The summed E-state index contributed by atoms with van der Waals surface area (Å²) in [5.74, 6) is 2.69. The Hall–Kier alpha value is -1.38. The molecule has 3 heteroatoms. The topological polar surface area (TPSA) is 26.3 Å². The fourth-order valence-electron chi connectivity index (χ4n) is 3.39. The standard InChI is InChI=1S/C12H13FO2.C6H10/c1-7(14)9-5-10(8-3-4-8)12(15-2)6-11(9)13;1-2-5-4-6(5)3-1/h5-6,8H,3-4H2,1-2H3;5-6H,1-4H2/t;5-,6+. The normalized spacial score (nSPS) is 25.7. The maximum Gasteiger partial charge on any atom is 0.162 e. The van der Waals surface area contributed by atoms with Gasteiger partial charge in [-0.3, -0.25) is 4.79 Å². The molecule has 21 heavy (non-hydrogen) atoms. The molecule has 3 aliphatic rings. The van der Waals surface area contributed by atoms with E-state index in [1.807, 2.05) is 0 Å². The predicted molar refractivity (Wildman–Crippen MR) is 80.4 cm³/mol. The van der Waals surface area contributed by atoms with Crippen LogP contribution in [0.15, 0.2) is 12.1 Å². The van der Waals surface area contributed by atoms with Gasteiger partial charge in [0.2, 0.25) is 0 Å². The lowest BCUT2D eigenvalue weighted by Gasteiger charge is -2.09. The number of benzene rings is 1. The second-order valence-electron chi connectivity index (χ2n) is 6.59. The molecule has 1 aromatic carbocycles. The van der Waals surface area contributed by atoms with Crippen molar-refractivity contribution in [2.24, 2.45) is 11.8 Å². The molecule has 0 bridgehead atoms. The summed E-state index contributed by atoms with van der Waals surface area (Å²) in [5.41, 5.74) is 1.13. The van der Waals surface area contributed by atoms with Crippen LogP contribution >= 0.6 is 0 Å². The number of rotatable bonds is 3. The van der Waals surface area contributed by atoms with Gasteiger partial charge >= 0.3 is 0 Å². The van der Waals surface area contributed by atoms with Gasteiger partial charge in [0.15, 0.2) is 5.78 Å². The van der Waals surface area contributed by atoms with Gasteiger partial charge in [-0.2, -0.15) is 0 Å². The number of carbonyl (C=O) groups is 1. The molecule has 2 atom stereocenters. The van der Waals surface area contributed by atoms with E-state index in [2.05, 4.69) is 0 Å². The summed E-state index contributed by atoms with van der Waals surface area (Å²) in [6, 6.07) is 2.94. The maximum absolute atomic E-state index is 13.5. The van der Waals surface area contributed by atoms with Crippen molar-refractivity contribution < 1.29 is 13.9 Å². The summed E-state index contributed by atoms with van der Waals surface area (Å²) in [5, 5.41) is 0. The Balaban J connectivity index is 0.000000180. The van der Waals surface area contributed by atoms with Gasteiger partial charge in [-0.1, -0.05) is 19.3 Å². The highest BCUT2D eigenvalue weighted by molar-refractivity contribution is 5.94. The molecular weight excluding hydrogens is 267 g/mol. The molecule has 114 valence electrons. The molecule has 0 aliphatic heterocycles. The summed E-state index contributed by atoms with van der Waals surface area (Å²) in [6.07, 6.45) is 8.43. The van der Waals surface area contributed by atoms with E-state index in [-0.39, 0.29) is 11.3 Å². The van der Waals surface area contributed by atoms with Crippen LogP contribution in [-0.2, 0) is 0 Å². The second kappa shape index (κ2) is 5.78. The highest BCUT2D eigenvalue weighted by Gasteiger charge is 2.40. The van der Waals surface area contributed by atoms with Crippen LogP contribution < -0.4 is 4.74 Å². The fraction of sp³-hybridized carbons (Fsp3) is 0.611. The molecule has 1 aromatic rings. The average molecular weight is 290 g/mol. The first-order valence-corrected chi connectivity index (χ1v) is 7.98. The number of halogens is 1. The van der Waals surface area contributed by atoms with Gasteiger partial charge in [0, 0.05) is 6.07 Å². The molecule has 0 unspecified atom stereocenters. The van der Waals surface area contributed by atoms with Gasteiger partial charge in [-0.15, -0.1) is 0 Å². The van der Waals surface area contributed by atoms with E-state index in [1.165, 1.54) is 38.4 Å². The van der Waals surface area contributed by atoms with E-state index in [0.29, 0.717) is 11.7 Å². The summed E-state index contributed by atoms with van der Waals surface area (Å²) in [7, 11) is 1.52. The third-order valence-corrected chi connectivity index (χ3v) is 4.93. The highest BCUT2D eigenvalue weighted by atomic mass is 19.1. The maximum atomic E-state index is 13.5. The van der Waals surface area contributed by atoms with Crippen LogP contribution in [-0.4, -0.2) is 12.9 Å². The molecular formula is C18H23FO2. The molecule has 3 aliphatic carbocycles. The van der Waals surface area contributed by atoms with Crippen LogP contribution in [0.1, 0.15) is 67.3 Å². The fourth-order valence-corrected chi connectivity index (χ4v) is 3.39. The average Bonchev–Trinajstić information content (AvgIpc) is 3.39. The summed E-state index contributed by atoms with van der Waals surface area (Å²) < 4.78 is 18.6. The Morgan fingerprint density at radius 3 is 2.24 bits per heavy atom. The number of carbonyl (C=O) groups excluding carboxylic acids is 1. The first-order valence-electron chi connectivity index (χ1n) is 7.98. The number of hydrogen-bond acceptors (Lipinski definition) is 2. The van der Waals surface area contributed by atoms with Gasteiger partial charge in [-0.25, -0.2) is 4.39 Å². The van der Waals surface area contributed by atoms with Crippen LogP contribution in [0.25, 0.3) is 0 Å². The first kappa shape index (κ1) is 14.6. The van der Waals surface area contributed by atoms with E-state index in [0.717, 1.165) is 18.4 Å². The Morgan fingerprint density at radius 1 is 1.19 bits per heavy atom. The Morgan fingerprint density at radius 2 is 1.86 bits per heavy atom. The van der Waals surface area contributed by atoms with Crippen LogP contribution in [0, 0.1) is 17.7 Å². The second-order valence-corrected chi connectivity index (χ2v) is 6.59. The zero-order valence-corrected chi connectivity index (χ0v) is 12.8. The van der Waals surface area contributed by atoms with Gasteiger partial charge in [0.1, 0.15) is 11.6 Å². The van der Waals surface area contributed by atoms with Crippen LogP contribution in [0.2, 0.25) is 0 Å². The minimum absolute atomic E-state index is 0.165. The van der Waals surface area contributed by atoms with Gasteiger partial charge < -0.3 is 4.74 Å². The van der Waals surface area contributed by atoms with Crippen molar-refractivity contribution in [2.75, 3.05) is 7.11 Å². The first-order chi connectivity index (χ1) is 10.1. The largest absolute Gasteiger partial charge is 0.496 e. The van der Waals surface area contributed by atoms with Crippen LogP contribution in [0.5, 0.6) is 5.75 Å². The molecule has 0 saturated heterocycles. The molecule has 0 heterocycles. The summed E-state index contributed by atoms with van der Waals surface area (Å²) in [6.45, 7) is 1.38. The highest BCUT2D eigenvalue weighted by Crippen LogP contribution is 2.51. The number of ether oxygens (including phenoxy) is 1. The Labute approximate surface area is 125 Å². The van der Waals surface area contributed by atoms with Crippen LogP contribution in [0.4, 0.5) is 4.39 Å². The monoisotopic (exact) mass is 290 g/mol. The molecule has 0 spiro atoms. The van der Waals surface area contributed by atoms with E-state index >= 15 is 0 Å². The number of Topliss-reactive ketones (excluding diaryl/α,β-unsaturated/α-hetero) is 1. The van der Waals surface area contributed by atoms with Gasteiger partial charge in [0.05, 0.1) is 12.7 Å². The molecule has 4 rings (SSSR count). The minimum Gasteiger partial charge on any atom is -0.496 e. The van der Waals surface area contributed by atoms with E-state index < -0.39 is 5.82 Å². The lowest BCUT2D eigenvalue weighted by Crippen LogP contribution is -2.01. The molecule has 0 radical (unpaired) electrons. The molecule has 0 N–H and O–H groups in total. The summed E-state index contributed by atoms with van der Waals surface area (Å²) in [4.78, 5) is 11.2. The van der Waals surface area contributed by atoms with Crippen molar-refractivity contribution in [3.05, 3.63) is 29.1 Å². The Bertz CT molecular complexity index is 540. The summed E-state index contributed by atoms with van der Waals surface area (Å²) >= 11 is 0. The van der Waals surface area contributed by atoms with Crippen LogP contribution in [0.3, 0.4) is 0 Å². The lowest BCUT2D eigenvalue weighted by atomic mass is 10.0. The zero-order valence-electron chi connectivity index (χ0n) is 12.8. The van der Waals surface area contributed by atoms with E-state index in [9.17, 15) is 9.18 Å².